The number of ether oxygens (including phenoxy) is 2. The largest absolute Gasteiger partial charge is 0.497 e. The van der Waals surface area contributed by atoms with E-state index in [2.05, 4.69) is 0 Å². The highest BCUT2D eigenvalue weighted by Crippen LogP contribution is 2.46. The summed E-state index contributed by atoms with van der Waals surface area (Å²) in [5, 5.41) is 10.7. The van der Waals surface area contributed by atoms with E-state index in [9.17, 15) is 14.7 Å². The summed E-state index contributed by atoms with van der Waals surface area (Å²) in [5.41, 5.74) is 3.50. The van der Waals surface area contributed by atoms with Gasteiger partial charge in [0.15, 0.2) is 0 Å². The molecule has 1 aliphatic heterocycles. The van der Waals surface area contributed by atoms with Crippen LogP contribution in [0.15, 0.2) is 77.7 Å². The minimum atomic E-state index is -1.26. The van der Waals surface area contributed by atoms with Crippen LogP contribution < -0.4 is 9.64 Å². The number of carbonyl (C=O) groups excluding carboxylic acids is 2. The highest BCUT2D eigenvalue weighted by Gasteiger charge is 2.37. The summed E-state index contributed by atoms with van der Waals surface area (Å²) in [6.45, 7) is 2.64. The third-order valence-corrected chi connectivity index (χ3v) is 7.45. The van der Waals surface area contributed by atoms with Gasteiger partial charge in [0.2, 0.25) is 0 Å². The van der Waals surface area contributed by atoms with E-state index in [-0.39, 0.29) is 19.7 Å². The number of benzene rings is 3. The molecule has 1 N–H and O–H groups in total. The molecule has 0 bridgehead atoms. The fourth-order valence-corrected chi connectivity index (χ4v) is 5.36. The Bertz CT molecular complexity index is 1200. The van der Waals surface area contributed by atoms with Crippen molar-refractivity contribution in [2.24, 2.45) is 0 Å². The number of aliphatic hydroxyl groups is 1. The first kappa shape index (κ1) is 25.6. The summed E-state index contributed by atoms with van der Waals surface area (Å²) in [7, 11) is 3.23. The molecular formula is C28H30N2O5S. The molecule has 1 heterocycles. The van der Waals surface area contributed by atoms with E-state index in [0.717, 1.165) is 27.3 Å². The highest BCUT2D eigenvalue weighted by molar-refractivity contribution is 7.99. The van der Waals surface area contributed by atoms with Crippen LogP contribution in [0.25, 0.3) is 0 Å². The number of nitrogens with zero attached hydrogens (tertiary/aromatic N) is 2. The molecule has 3 aromatic rings. The zero-order chi connectivity index (χ0) is 25.7. The molecule has 0 unspecified atom stereocenters. The Morgan fingerprint density at radius 1 is 1.08 bits per heavy atom. The van der Waals surface area contributed by atoms with Crippen LogP contribution in [0.5, 0.6) is 5.75 Å². The topological polar surface area (TPSA) is 79.3 Å². The minimum absolute atomic E-state index is 0.174. The van der Waals surface area contributed by atoms with Gasteiger partial charge in [0.1, 0.15) is 18.5 Å². The van der Waals surface area contributed by atoms with Crippen LogP contribution in [0.3, 0.4) is 0 Å². The molecule has 0 saturated heterocycles. The van der Waals surface area contributed by atoms with Crippen molar-refractivity contribution in [3.05, 3.63) is 89.5 Å². The van der Waals surface area contributed by atoms with Crippen LogP contribution in [0.1, 0.15) is 21.9 Å². The summed E-state index contributed by atoms with van der Waals surface area (Å²) in [6.07, 6.45) is -1.73. The number of fused-ring (bicyclic) bond motifs is 1. The van der Waals surface area contributed by atoms with E-state index in [1.54, 1.807) is 19.1 Å². The Morgan fingerprint density at radius 2 is 1.81 bits per heavy atom. The van der Waals surface area contributed by atoms with E-state index in [1.165, 1.54) is 16.7 Å². The molecule has 36 heavy (non-hydrogen) atoms. The van der Waals surface area contributed by atoms with Gasteiger partial charge in [0.25, 0.3) is 5.91 Å². The summed E-state index contributed by atoms with van der Waals surface area (Å²) in [5.74, 6) is 0.301. The Morgan fingerprint density at radius 3 is 2.50 bits per heavy atom. The average Bonchev–Trinajstić information content (AvgIpc) is 3.00. The fourth-order valence-electron chi connectivity index (χ4n) is 3.99. The molecule has 4 rings (SSSR count). The maximum Gasteiger partial charge on any atom is 0.409 e. The summed E-state index contributed by atoms with van der Waals surface area (Å²) in [4.78, 5) is 29.9. The van der Waals surface area contributed by atoms with Crippen molar-refractivity contribution in [3.63, 3.8) is 0 Å². The highest BCUT2D eigenvalue weighted by atomic mass is 32.2. The number of hydrogen-bond donors (Lipinski definition) is 1. The summed E-state index contributed by atoms with van der Waals surface area (Å²) in [6, 6.07) is 22.7. The minimum Gasteiger partial charge on any atom is -0.497 e. The lowest BCUT2D eigenvalue weighted by Gasteiger charge is -2.27. The van der Waals surface area contributed by atoms with Gasteiger partial charge in [0, 0.05) is 25.0 Å². The molecule has 7 nitrogen and oxygen atoms in total. The summed E-state index contributed by atoms with van der Waals surface area (Å²) < 4.78 is 10.6. The number of thioether (sulfide) groups is 1. The lowest BCUT2D eigenvalue weighted by atomic mass is 10.1. The predicted molar refractivity (Wildman–Crippen MR) is 140 cm³/mol. The Balaban J connectivity index is 1.50. The van der Waals surface area contributed by atoms with E-state index in [4.69, 9.17) is 9.47 Å². The SMILES string of the molecule is COc1ccc([C@H]2Sc3cc(C)ccc3N(CCN(C)C(=O)OCc3ccccc3)C(=O)[C@H]2O)cc1. The molecule has 0 saturated carbocycles. The number of anilines is 1. The van der Waals surface area contributed by atoms with Crippen LogP contribution >= 0.6 is 11.8 Å². The Kier molecular flexibility index (Phi) is 8.18. The van der Waals surface area contributed by atoms with Crippen molar-refractivity contribution in [2.45, 2.75) is 29.8 Å². The number of rotatable bonds is 7. The standard InChI is InChI=1S/C28H30N2O5S/c1-19-9-14-23-24(17-19)36-26(21-10-12-22(34-3)13-11-21)25(31)27(32)30(23)16-15-29(2)28(33)35-18-20-7-5-4-6-8-20/h4-14,17,25-26,31H,15-16,18H2,1-3H3/t25-,26+/m0/s1. The van der Waals surface area contributed by atoms with Crippen LogP contribution in [0.4, 0.5) is 10.5 Å². The van der Waals surface area contributed by atoms with Gasteiger partial charge in [-0.25, -0.2) is 4.79 Å². The predicted octanol–water partition coefficient (Wildman–Crippen LogP) is 4.81. The second-order valence-corrected chi connectivity index (χ2v) is 9.86. The molecule has 188 valence electrons. The number of aliphatic hydroxyl groups excluding tert-OH is 1. The zero-order valence-corrected chi connectivity index (χ0v) is 21.4. The lowest BCUT2D eigenvalue weighted by molar-refractivity contribution is -0.126. The van der Waals surface area contributed by atoms with Crippen molar-refractivity contribution < 1.29 is 24.2 Å². The first-order valence-electron chi connectivity index (χ1n) is 11.7. The number of amides is 2. The number of likely N-dealkylation sites (N-methyl/N-ethyl adjacent to an activating group) is 1. The zero-order valence-electron chi connectivity index (χ0n) is 20.6. The lowest BCUT2D eigenvalue weighted by Crippen LogP contribution is -2.44. The number of carbonyl (C=O) groups is 2. The first-order chi connectivity index (χ1) is 17.4. The maximum atomic E-state index is 13.5. The van der Waals surface area contributed by atoms with Gasteiger partial charge in [-0.3, -0.25) is 4.79 Å². The Labute approximate surface area is 215 Å². The van der Waals surface area contributed by atoms with Gasteiger partial charge in [-0.2, -0.15) is 0 Å². The van der Waals surface area contributed by atoms with Gasteiger partial charge in [-0.1, -0.05) is 48.5 Å². The summed E-state index contributed by atoms with van der Waals surface area (Å²) >= 11 is 1.46. The van der Waals surface area contributed by atoms with E-state index >= 15 is 0 Å². The van der Waals surface area contributed by atoms with E-state index in [1.807, 2.05) is 79.7 Å². The van der Waals surface area contributed by atoms with Gasteiger partial charge in [-0.05, 0) is 47.9 Å². The number of methoxy groups -OCH3 is 1. The second kappa shape index (κ2) is 11.5. The molecule has 3 aromatic carbocycles. The van der Waals surface area contributed by atoms with Crippen molar-refractivity contribution in [3.8, 4) is 5.75 Å². The van der Waals surface area contributed by atoms with Crippen LogP contribution in [-0.2, 0) is 16.1 Å². The van der Waals surface area contributed by atoms with Crippen molar-refractivity contribution in [1.29, 1.82) is 0 Å². The second-order valence-electron chi connectivity index (χ2n) is 8.68. The normalized spacial score (nSPS) is 17.2. The van der Waals surface area contributed by atoms with E-state index < -0.39 is 23.4 Å². The molecular weight excluding hydrogens is 476 g/mol. The molecule has 0 radical (unpaired) electrons. The Hall–Kier alpha value is -3.49. The van der Waals surface area contributed by atoms with Crippen LogP contribution in [-0.4, -0.2) is 55.4 Å². The number of aryl methyl sites for hydroxylation is 1. The molecule has 8 heteroatoms. The van der Waals surface area contributed by atoms with Crippen molar-refractivity contribution in [1.82, 2.24) is 4.90 Å². The third-order valence-electron chi connectivity index (χ3n) is 6.09. The smallest absolute Gasteiger partial charge is 0.409 e. The molecule has 0 fully saturated rings. The van der Waals surface area contributed by atoms with Crippen molar-refractivity contribution in [2.75, 3.05) is 32.1 Å². The molecule has 2 atom stereocenters. The van der Waals surface area contributed by atoms with Gasteiger partial charge in [-0.15, -0.1) is 11.8 Å². The van der Waals surface area contributed by atoms with Crippen LogP contribution in [0, 0.1) is 6.92 Å². The van der Waals surface area contributed by atoms with E-state index in [0.29, 0.717) is 5.75 Å². The van der Waals surface area contributed by atoms with Gasteiger partial charge >= 0.3 is 6.09 Å². The van der Waals surface area contributed by atoms with Crippen LogP contribution in [0.2, 0.25) is 0 Å². The molecule has 1 aliphatic rings. The average molecular weight is 507 g/mol. The molecule has 0 aromatic heterocycles. The maximum absolute atomic E-state index is 13.5. The molecule has 0 spiro atoms. The third kappa shape index (κ3) is 5.83. The van der Waals surface area contributed by atoms with Gasteiger partial charge < -0.3 is 24.4 Å². The number of hydrogen-bond acceptors (Lipinski definition) is 6. The monoisotopic (exact) mass is 506 g/mol. The quantitative estimate of drug-likeness (QED) is 0.495. The van der Waals surface area contributed by atoms with Gasteiger partial charge in [0.05, 0.1) is 18.0 Å². The fraction of sp³-hybridized carbons (Fsp3) is 0.286. The first-order valence-corrected chi connectivity index (χ1v) is 12.6. The molecule has 0 aliphatic carbocycles. The molecule has 2 amide bonds. The van der Waals surface area contributed by atoms with Crippen molar-refractivity contribution >= 4 is 29.4 Å².